The maximum absolute atomic E-state index is 12.5. The van der Waals surface area contributed by atoms with Crippen LogP contribution in [0.3, 0.4) is 0 Å². The highest BCUT2D eigenvalue weighted by Crippen LogP contribution is 2.20. The average Bonchev–Trinajstić information content (AvgIpc) is 2.60. The van der Waals surface area contributed by atoms with E-state index < -0.39 is 22.0 Å². The molecule has 0 aliphatic carbocycles. The van der Waals surface area contributed by atoms with Crippen LogP contribution in [0.5, 0.6) is 0 Å². The van der Waals surface area contributed by atoms with Gasteiger partial charge in [0.05, 0.1) is 5.75 Å². The lowest BCUT2D eigenvalue weighted by molar-refractivity contribution is -0.143. The number of amides is 1. The molecule has 0 saturated carbocycles. The van der Waals surface area contributed by atoms with Crippen molar-refractivity contribution in [3.8, 4) is 0 Å². The predicted molar refractivity (Wildman–Crippen MR) is 89.1 cm³/mol. The molecule has 1 atom stereocenters. The van der Waals surface area contributed by atoms with Crippen LogP contribution in [0.1, 0.15) is 42.1 Å². The monoisotopic (exact) mass is 354 g/mol. The largest absolute Gasteiger partial charge is 0.480 e. The molecule has 0 bridgehead atoms. The average molecular weight is 354 g/mol. The van der Waals surface area contributed by atoms with Gasteiger partial charge in [0.2, 0.25) is 10.0 Å². The lowest BCUT2D eigenvalue weighted by Gasteiger charge is -2.33. The summed E-state index contributed by atoms with van der Waals surface area (Å²) < 4.78 is 25.3. The number of likely N-dealkylation sites (tertiary alicyclic amines) is 1. The summed E-state index contributed by atoms with van der Waals surface area (Å²) in [5.74, 6) is -1.27. The summed E-state index contributed by atoms with van der Waals surface area (Å²) >= 11 is 0. The smallest absolute Gasteiger partial charge is 0.326 e. The van der Waals surface area contributed by atoms with Gasteiger partial charge in [0.1, 0.15) is 6.04 Å². The zero-order valence-electron chi connectivity index (χ0n) is 13.6. The van der Waals surface area contributed by atoms with Crippen molar-refractivity contribution < 1.29 is 23.1 Å². The number of aliphatic carboxylic acids is 1. The minimum atomic E-state index is -3.27. The van der Waals surface area contributed by atoms with E-state index in [-0.39, 0.29) is 18.2 Å². The molecular formula is C16H22N2O5S. The Morgan fingerprint density at radius 1 is 1.25 bits per heavy atom. The van der Waals surface area contributed by atoms with Crippen molar-refractivity contribution in [2.24, 2.45) is 0 Å². The van der Waals surface area contributed by atoms with Crippen LogP contribution < -0.4 is 4.72 Å². The lowest BCUT2D eigenvalue weighted by Crippen LogP contribution is -2.47. The molecule has 2 N–H and O–H groups in total. The minimum absolute atomic E-state index is 0.00903. The Kier molecular flexibility index (Phi) is 5.95. The number of carboxylic acids is 1. The number of carboxylic acid groups (broad SMARTS) is 1. The molecule has 1 aliphatic heterocycles. The van der Waals surface area contributed by atoms with Crippen LogP contribution in [-0.4, -0.2) is 48.6 Å². The minimum Gasteiger partial charge on any atom is -0.480 e. The predicted octanol–water partition coefficient (Wildman–Crippen LogP) is 1.21. The SMILES string of the molecule is CCS(=O)(=O)NCc1ccc(C(=O)N2CCCCC2C(=O)O)cc1. The van der Waals surface area contributed by atoms with Crippen molar-refractivity contribution in [1.29, 1.82) is 0 Å². The van der Waals surface area contributed by atoms with Crippen LogP contribution in [-0.2, 0) is 21.4 Å². The molecule has 1 fully saturated rings. The van der Waals surface area contributed by atoms with Gasteiger partial charge >= 0.3 is 5.97 Å². The molecule has 1 heterocycles. The van der Waals surface area contributed by atoms with E-state index in [2.05, 4.69) is 4.72 Å². The molecular weight excluding hydrogens is 332 g/mol. The van der Waals surface area contributed by atoms with Gasteiger partial charge in [-0.1, -0.05) is 12.1 Å². The second-order valence-electron chi connectivity index (χ2n) is 5.77. The maximum atomic E-state index is 12.5. The van der Waals surface area contributed by atoms with Gasteiger partial charge in [0.15, 0.2) is 0 Å². The molecule has 7 nitrogen and oxygen atoms in total. The topological polar surface area (TPSA) is 104 Å². The Labute approximate surface area is 141 Å². The molecule has 1 unspecified atom stereocenters. The van der Waals surface area contributed by atoms with Crippen molar-refractivity contribution in [3.63, 3.8) is 0 Å². The molecule has 2 rings (SSSR count). The third-order valence-electron chi connectivity index (χ3n) is 4.13. The van der Waals surface area contributed by atoms with E-state index in [1.807, 2.05) is 0 Å². The number of sulfonamides is 1. The zero-order valence-corrected chi connectivity index (χ0v) is 14.4. The van der Waals surface area contributed by atoms with E-state index in [9.17, 15) is 23.1 Å². The highest BCUT2D eigenvalue weighted by Gasteiger charge is 2.32. The number of carbonyl (C=O) groups is 2. The summed E-state index contributed by atoms with van der Waals surface area (Å²) in [4.78, 5) is 25.2. The molecule has 8 heteroatoms. The van der Waals surface area contributed by atoms with Crippen LogP contribution >= 0.6 is 0 Å². The first-order valence-electron chi connectivity index (χ1n) is 7.94. The zero-order chi connectivity index (χ0) is 17.7. The Bertz CT molecular complexity index is 700. The number of nitrogens with one attached hydrogen (secondary N) is 1. The van der Waals surface area contributed by atoms with E-state index in [1.54, 1.807) is 31.2 Å². The van der Waals surface area contributed by atoms with E-state index in [0.717, 1.165) is 18.4 Å². The van der Waals surface area contributed by atoms with Gasteiger partial charge in [-0.05, 0) is 43.9 Å². The summed E-state index contributed by atoms with van der Waals surface area (Å²) in [6.07, 6.45) is 2.07. The molecule has 1 aliphatic rings. The molecule has 1 aromatic carbocycles. The van der Waals surface area contributed by atoms with Gasteiger partial charge in [-0.2, -0.15) is 0 Å². The van der Waals surface area contributed by atoms with Crippen molar-refractivity contribution in [3.05, 3.63) is 35.4 Å². The third-order valence-corrected chi connectivity index (χ3v) is 5.47. The fraction of sp³-hybridized carbons (Fsp3) is 0.500. The number of piperidine rings is 1. The van der Waals surface area contributed by atoms with E-state index in [0.29, 0.717) is 18.5 Å². The molecule has 0 radical (unpaired) electrons. The number of benzene rings is 1. The Balaban J connectivity index is 2.06. The summed E-state index contributed by atoms with van der Waals surface area (Å²) in [6.45, 7) is 2.15. The van der Waals surface area contributed by atoms with Gasteiger partial charge in [-0.15, -0.1) is 0 Å². The summed E-state index contributed by atoms with van der Waals surface area (Å²) in [6, 6.07) is 5.77. The normalized spacial score (nSPS) is 18.4. The van der Waals surface area contributed by atoms with Gasteiger partial charge in [0.25, 0.3) is 5.91 Å². The van der Waals surface area contributed by atoms with Crippen LogP contribution in [0.15, 0.2) is 24.3 Å². The van der Waals surface area contributed by atoms with Crippen LogP contribution in [0.4, 0.5) is 0 Å². The second-order valence-corrected chi connectivity index (χ2v) is 7.87. The van der Waals surface area contributed by atoms with Crippen molar-refractivity contribution in [2.75, 3.05) is 12.3 Å². The van der Waals surface area contributed by atoms with Gasteiger partial charge in [-0.3, -0.25) is 4.79 Å². The van der Waals surface area contributed by atoms with E-state index in [4.69, 9.17) is 0 Å². The maximum Gasteiger partial charge on any atom is 0.326 e. The first-order valence-corrected chi connectivity index (χ1v) is 9.59. The Morgan fingerprint density at radius 2 is 1.92 bits per heavy atom. The number of rotatable bonds is 6. The van der Waals surface area contributed by atoms with Crippen molar-refractivity contribution >= 4 is 21.9 Å². The highest BCUT2D eigenvalue weighted by atomic mass is 32.2. The molecule has 1 saturated heterocycles. The molecule has 1 aromatic rings. The van der Waals surface area contributed by atoms with Gasteiger partial charge in [-0.25, -0.2) is 17.9 Å². The summed E-state index contributed by atoms with van der Waals surface area (Å²) in [5, 5.41) is 9.26. The molecule has 132 valence electrons. The molecule has 1 amide bonds. The van der Waals surface area contributed by atoms with Gasteiger partial charge < -0.3 is 10.0 Å². The van der Waals surface area contributed by atoms with Gasteiger partial charge in [0, 0.05) is 18.7 Å². The summed E-state index contributed by atoms with van der Waals surface area (Å²) in [7, 11) is -3.27. The standard InChI is InChI=1S/C16H22N2O5S/c1-2-24(22,23)17-11-12-6-8-13(9-7-12)15(19)18-10-4-3-5-14(18)16(20)21/h6-9,14,17H,2-5,10-11H2,1H3,(H,20,21). The van der Waals surface area contributed by atoms with Crippen LogP contribution in [0, 0.1) is 0 Å². The van der Waals surface area contributed by atoms with E-state index >= 15 is 0 Å². The van der Waals surface area contributed by atoms with Crippen LogP contribution in [0.2, 0.25) is 0 Å². The highest BCUT2D eigenvalue weighted by molar-refractivity contribution is 7.89. The quantitative estimate of drug-likeness (QED) is 0.799. The lowest BCUT2D eigenvalue weighted by atomic mass is 10.0. The second kappa shape index (κ2) is 7.76. The first-order chi connectivity index (χ1) is 11.3. The molecule has 0 aromatic heterocycles. The number of hydrogen-bond acceptors (Lipinski definition) is 4. The number of nitrogens with zero attached hydrogens (tertiary/aromatic N) is 1. The Morgan fingerprint density at radius 3 is 2.50 bits per heavy atom. The first kappa shape index (κ1) is 18.4. The summed E-state index contributed by atoms with van der Waals surface area (Å²) in [5.41, 5.74) is 1.14. The molecule has 24 heavy (non-hydrogen) atoms. The van der Waals surface area contributed by atoms with Crippen molar-refractivity contribution in [2.45, 2.75) is 38.8 Å². The van der Waals surface area contributed by atoms with Crippen LogP contribution in [0.25, 0.3) is 0 Å². The third kappa shape index (κ3) is 4.55. The van der Waals surface area contributed by atoms with E-state index in [1.165, 1.54) is 4.90 Å². The number of hydrogen-bond donors (Lipinski definition) is 2. The fourth-order valence-corrected chi connectivity index (χ4v) is 3.25. The number of carbonyl (C=O) groups excluding carboxylic acids is 1. The Hall–Kier alpha value is -1.93. The fourth-order valence-electron chi connectivity index (χ4n) is 2.66. The van der Waals surface area contributed by atoms with Crippen molar-refractivity contribution in [1.82, 2.24) is 9.62 Å². The molecule has 0 spiro atoms.